The molecule has 1 amide bonds. The number of nitrogens with zero attached hydrogens (tertiary/aromatic N) is 1. The van der Waals surface area contributed by atoms with E-state index in [9.17, 15) is 26.7 Å². The molecule has 9 heteroatoms. The minimum Gasteiger partial charge on any atom is -0.488 e. The molecule has 0 aliphatic rings. The first-order chi connectivity index (χ1) is 17.4. The first kappa shape index (κ1) is 24.6. The van der Waals surface area contributed by atoms with Gasteiger partial charge in [-0.25, -0.2) is 27.4 Å². The van der Waals surface area contributed by atoms with Crippen LogP contribution in [0.5, 0.6) is 5.75 Å². The molecular weight excluding hydrogens is 479 g/mol. The number of amides is 1. The van der Waals surface area contributed by atoms with Crippen molar-refractivity contribution in [2.45, 2.75) is 6.61 Å². The van der Waals surface area contributed by atoms with Gasteiger partial charge >= 0.3 is 0 Å². The third kappa shape index (κ3) is 5.25. The second-order valence-corrected chi connectivity index (χ2v) is 7.53. The normalized spacial score (nSPS) is 11.0. The first-order valence-electron chi connectivity index (χ1n) is 10.6. The molecule has 4 aromatic rings. The Labute approximate surface area is 202 Å². The smallest absolute Gasteiger partial charge is 0.271 e. The summed E-state index contributed by atoms with van der Waals surface area (Å²) >= 11 is 0. The highest BCUT2D eigenvalue weighted by Crippen LogP contribution is 2.30. The lowest BCUT2D eigenvalue weighted by atomic mass is 10.0. The predicted octanol–water partition coefficient (Wildman–Crippen LogP) is 6.39. The van der Waals surface area contributed by atoms with E-state index in [0.29, 0.717) is 12.0 Å². The highest BCUT2D eigenvalue weighted by atomic mass is 19.2. The van der Waals surface area contributed by atoms with Crippen LogP contribution in [0.1, 0.15) is 21.5 Å². The number of para-hydroxylation sites is 1. The van der Waals surface area contributed by atoms with Gasteiger partial charge in [0.1, 0.15) is 12.4 Å². The largest absolute Gasteiger partial charge is 0.488 e. The molecule has 0 aromatic heterocycles. The van der Waals surface area contributed by atoms with E-state index in [4.69, 9.17) is 4.74 Å². The van der Waals surface area contributed by atoms with Crippen LogP contribution in [0.3, 0.4) is 0 Å². The number of nitrogens with one attached hydrogen (secondary N) is 1. The van der Waals surface area contributed by atoms with E-state index in [0.717, 1.165) is 16.7 Å². The van der Waals surface area contributed by atoms with E-state index < -0.39 is 40.6 Å². The Morgan fingerprint density at radius 3 is 2.00 bits per heavy atom. The molecule has 0 bridgehead atoms. The van der Waals surface area contributed by atoms with Gasteiger partial charge < -0.3 is 4.74 Å². The number of rotatable bonds is 7. The molecule has 36 heavy (non-hydrogen) atoms. The molecule has 0 atom stereocenters. The fourth-order valence-corrected chi connectivity index (χ4v) is 3.32. The molecule has 182 valence electrons. The molecule has 0 aliphatic carbocycles. The Kier molecular flexibility index (Phi) is 7.39. The number of ether oxygens (including phenoxy) is 1. The first-order valence-corrected chi connectivity index (χ1v) is 10.6. The van der Waals surface area contributed by atoms with Crippen molar-refractivity contribution < 1.29 is 31.5 Å². The van der Waals surface area contributed by atoms with Gasteiger partial charge in [0.15, 0.2) is 23.3 Å². The molecule has 4 nitrogen and oxygen atoms in total. The Balaban J connectivity index is 1.40. The number of hydrazone groups is 1. The van der Waals surface area contributed by atoms with Crippen LogP contribution in [0.4, 0.5) is 22.0 Å². The topological polar surface area (TPSA) is 50.7 Å². The summed E-state index contributed by atoms with van der Waals surface area (Å²) in [6, 6.07) is 23.6. The number of hydrogen-bond donors (Lipinski definition) is 1. The second-order valence-electron chi connectivity index (χ2n) is 7.53. The fraction of sp³-hybridized carbons (Fsp3) is 0.0370. The molecule has 4 rings (SSSR count). The van der Waals surface area contributed by atoms with Crippen LogP contribution in [0.15, 0.2) is 84.0 Å². The molecular formula is C27H17F5N2O2. The molecule has 0 saturated carbocycles. The Morgan fingerprint density at radius 2 is 1.33 bits per heavy atom. The summed E-state index contributed by atoms with van der Waals surface area (Å²) < 4.78 is 72.9. The van der Waals surface area contributed by atoms with E-state index in [1.54, 1.807) is 12.1 Å². The third-order valence-corrected chi connectivity index (χ3v) is 5.19. The van der Waals surface area contributed by atoms with E-state index in [2.05, 4.69) is 5.10 Å². The SMILES string of the molecule is O=C(NN=Cc1c(F)c(F)c(F)c(F)c1F)c1ccc(COc2ccccc2-c2ccccc2)cc1. The minimum atomic E-state index is -2.28. The van der Waals surface area contributed by atoms with Crippen LogP contribution in [-0.4, -0.2) is 12.1 Å². The quantitative estimate of drug-likeness (QED) is 0.106. The molecule has 0 saturated heterocycles. The third-order valence-electron chi connectivity index (χ3n) is 5.19. The van der Waals surface area contributed by atoms with Crippen LogP contribution < -0.4 is 10.2 Å². The zero-order valence-electron chi connectivity index (χ0n) is 18.4. The van der Waals surface area contributed by atoms with Gasteiger partial charge in [-0.15, -0.1) is 0 Å². The maximum Gasteiger partial charge on any atom is 0.271 e. The van der Waals surface area contributed by atoms with Gasteiger partial charge in [-0.05, 0) is 29.3 Å². The summed E-state index contributed by atoms with van der Waals surface area (Å²) in [5, 5.41) is 3.30. The van der Waals surface area contributed by atoms with Crippen LogP contribution in [0.25, 0.3) is 11.1 Å². The summed E-state index contributed by atoms with van der Waals surface area (Å²) in [7, 11) is 0. The maximum atomic E-state index is 13.7. The summed E-state index contributed by atoms with van der Waals surface area (Å²) in [5.41, 5.74) is 3.57. The van der Waals surface area contributed by atoms with Crippen LogP contribution in [-0.2, 0) is 6.61 Å². The zero-order valence-corrected chi connectivity index (χ0v) is 18.4. The van der Waals surface area contributed by atoms with Crippen molar-refractivity contribution in [3.63, 3.8) is 0 Å². The number of carbonyl (C=O) groups is 1. The van der Waals surface area contributed by atoms with Gasteiger partial charge in [-0.2, -0.15) is 5.10 Å². The van der Waals surface area contributed by atoms with Crippen molar-refractivity contribution in [3.05, 3.63) is 125 Å². The van der Waals surface area contributed by atoms with Gasteiger partial charge in [0.05, 0.1) is 11.8 Å². The lowest BCUT2D eigenvalue weighted by molar-refractivity contribution is 0.0955. The molecule has 4 aromatic carbocycles. The average molecular weight is 496 g/mol. The van der Waals surface area contributed by atoms with Crippen molar-refractivity contribution in [1.29, 1.82) is 0 Å². The van der Waals surface area contributed by atoms with Crippen LogP contribution >= 0.6 is 0 Å². The van der Waals surface area contributed by atoms with Gasteiger partial charge in [-0.1, -0.05) is 60.7 Å². The van der Waals surface area contributed by atoms with Crippen molar-refractivity contribution in [3.8, 4) is 16.9 Å². The summed E-state index contributed by atoms with van der Waals surface area (Å²) in [4.78, 5) is 12.2. The zero-order chi connectivity index (χ0) is 25.7. The monoisotopic (exact) mass is 496 g/mol. The Hall–Kier alpha value is -4.53. The number of carbonyl (C=O) groups excluding carboxylic acids is 1. The van der Waals surface area contributed by atoms with Crippen molar-refractivity contribution >= 4 is 12.1 Å². The van der Waals surface area contributed by atoms with E-state index in [1.165, 1.54) is 12.1 Å². The highest BCUT2D eigenvalue weighted by Gasteiger charge is 2.24. The number of halogens is 5. The van der Waals surface area contributed by atoms with Crippen molar-refractivity contribution in [2.24, 2.45) is 5.10 Å². The maximum absolute atomic E-state index is 13.7. The average Bonchev–Trinajstić information content (AvgIpc) is 2.92. The predicted molar refractivity (Wildman–Crippen MR) is 124 cm³/mol. The molecule has 0 heterocycles. The lowest BCUT2D eigenvalue weighted by Crippen LogP contribution is -2.18. The van der Waals surface area contributed by atoms with E-state index in [1.807, 2.05) is 60.0 Å². The molecule has 0 radical (unpaired) electrons. The van der Waals surface area contributed by atoms with Crippen LogP contribution in [0.2, 0.25) is 0 Å². The molecule has 1 N–H and O–H groups in total. The molecule has 0 fully saturated rings. The Morgan fingerprint density at radius 1 is 0.750 bits per heavy atom. The number of hydrogen-bond acceptors (Lipinski definition) is 3. The van der Waals surface area contributed by atoms with Crippen molar-refractivity contribution in [1.82, 2.24) is 5.43 Å². The van der Waals surface area contributed by atoms with Gasteiger partial charge in [0, 0.05) is 11.1 Å². The fourth-order valence-electron chi connectivity index (χ4n) is 3.32. The van der Waals surface area contributed by atoms with Gasteiger partial charge in [0.25, 0.3) is 5.91 Å². The van der Waals surface area contributed by atoms with Gasteiger partial charge in [-0.3, -0.25) is 4.79 Å². The standard InChI is InChI=1S/C27H17F5N2O2/c28-22-20(23(29)25(31)26(32)24(22)30)14-33-34-27(35)18-12-10-16(11-13-18)15-36-21-9-5-4-8-19(21)17-6-2-1-3-7-17/h1-14H,15H2,(H,34,35). The number of benzene rings is 4. The van der Waals surface area contributed by atoms with Crippen LogP contribution in [0, 0.1) is 29.1 Å². The molecule has 0 unspecified atom stereocenters. The van der Waals surface area contributed by atoms with E-state index >= 15 is 0 Å². The Bertz CT molecular complexity index is 1400. The summed E-state index contributed by atoms with van der Waals surface area (Å²) in [6.07, 6.45) is 0.348. The highest BCUT2D eigenvalue weighted by molar-refractivity contribution is 5.95. The summed E-state index contributed by atoms with van der Waals surface area (Å²) in [5.74, 6) is -10.7. The molecule has 0 aliphatic heterocycles. The van der Waals surface area contributed by atoms with Gasteiger partial charge in [0.2, 0.25) is 5.82 Å². The minimum absolute atomic E-state index is 0.151. The summed E-state index contributed by atoms with van der Waals surface area (Å²) in [6.45, 7) is 0.226. The second kappa shape index (κ2) is 10.8. The molecule has 0 spiro atoms. The van der Waals surface area contributed by atoms with E-state index in [-0.39, 0.29) is 12.2 Å². The van der Waals surface area contributed by atoms with Crippen molar-refractivity contribution in [2.75, 3.05) is 0 Å². The lowest BCUT2D eigenvalue weighted by Gasteiger charge is -2.12.